The molecule has 6 heteroatoms. The van der Waals surface area contributed by atoms with Gasteiger partial charge in [-0.25, -0.2) is 4.39 Å². The molecule has 0 radical (unpaired) electrons. The Morgan fingerprint density at radius 2 is 1.71 bits per heavy atom. The second kappa shape index (κ2) is 6.39. The molecule has 21 heavy (non-hydrogen) atoms. The molecule has 0 saturated carbocycles. The number of ether oxygens (including phenoxy) is 1. The van der Waals surface area contributed by atoms with Gasteiger partial charge in [0.15, 0.2) is 11.6 Å². The summed E-state index contributed by atoms with van der Waals surface area (Å²) in [7, 11) is 0. The van der Waals surface area contributed by atoms with Crippen LogP contribution in [0.1, 0.15) is 11.1 Å². The van der Waals surface area contributed by atoms with Crippen LogP contribution < -0.4 is 4.74 Å². The Labute approximate surface area is 123 Å². The van der Waals surface area contributed by atoms with E-state index in [9.17, 15) is 17.6 Å². The molecule has 0 aliphatic rings. The van der Waals surface area contributed by atoms with Crippen molar-refractivity contribution in [3.63, 3.8) is 0 Å². The van der Waals surface area contributed by atoms with Crippen molar-refractivity contribution >= 4 is 11.8 Å². The molecule has 0 bridgehead atoms. The summed E-state index contributed by atoms with van der Waals surface area (Å²) in [6, 6.07) is 10.9. The van der Waals surface area contributed by atoms with Gasteiger partial charge in [-0.2, -0.15) is 13.2 Å². The zero-order chi connectivity index (χ0) is 15.5. The van der Waals surface area contributed by atoms with E-state index in [0.717, 1.165) is 17.7 Å². The van der Waals surface area contributed by atoms with Crippen molar-refractivity contribution in [1.82, 2.24) is 0 Å². The molecule has 0 unspecified atom stereocenters. The minimum absolute atomic E-state index is 0.0942. The molecule has 2 aromatic rings. The lowest BCUT2D eigenvalue weighted by Crippen LogP contribution is -2.09. The summed E-state index contributed by atoms with van der Waals surface area (Å²) in [5.41, 5.74) is -0.179. The van der Waals surface area contributed by atoms with Crippen LogP contribution in [0, 0.1) is 5.82 Å². The van der Waals surface area contributed by atoms with Crippen molar-refractivity contribution in [2.24, 2.45) is 0 Å². The Morgan fingerprint density at radius 3 is 2.29 bits per heavy atom. The quantitative estimate of drug-likeness (QED) is 0.570. The molecule has 0 atom stereocenters. The Bertz CT molecular complexity index is 611. The topological polar surface area (TPSA) is 9.23 Å². The van der Waals surface area contributed by atoms with Crippen LogP contribution in [-0.4, -0.2) is 6.26 Å². The Kier molecular flexibility index (Phi) is 4.77. The van der Waals surface area contributed by atoms with E-state index in [1.165, 1.54) is 6.26 Å². The highest BCUT2D eigenvalue weighted by Crippen LogP contribution is 2.40. The van der Waals surface area contributed by atoms with Crippen LogP contribution in [0.25, 0.3) is 0 Å². The highest BCUT2D eigenvalue weighted by atomic mass is 32.2. The van der Waals surface area contributed by atoms with E-state index in [0.29, 0.717) is 11.8 Å². The average Bonchev–Trinajstić information content (AvgIpc) is 2.45. The van der Waals surface area contributed by atoms with Crippen LogP contribution in [0.15, 0.2) is 47.4 Å². The molecule has 0 heterocycles. The number of thioether (sulfide) groups is 1. The largest absolute Gasteiger partial charge is 0.486 e. The third-order valence-electron chi connectivity index (χ3n) is 2.81. The second-order valence-electron chi connectivity index (χ2n) is 4.23. The SMILES string of the molecule is CSc1c(C(F)(F)F)ccc(OCc2ccccc2)c1F. The molecule has 0 aromatic heterocycles. The number of hydrogen-bond donors (Lipinski definition) is 0. The molecule has 1 nitrogen and oxygen atoms in total. The molecule has 0 amide bonds. The van der Waals surface area contributed by atoms with Crippen LogP contribution >= 0.6 is 11.8 Å². The Hall–Kier alpha value is -1.69. The minimum Gasteiger partial charge on any atom is -0.486 e. The Balaban J connectivity index is 2.26. The third kappa shape index (κ3) is 3.69. The number of benzene rings is 2. The maximum atomic E-state index is 14.1. The smallest absolute Gasteiger partial charge is 0.417 e. The number of rotatable bonds is 4. The van der Waals surface area contributed by atoms with Gasteiger partial charge in [-0.15, -0.1) is 11.8 Å². The van der Waals surface area contributed by atoms with Crippen LogP contribution in [0.5, 0.6) is 5.75 Å². The number of alkyl halides is 3. The van der Waals surface area contributed by atoms with Gasteiger partial charge in [0, 0.05) is 0 Å². The van der Waals surface area contributed by atoms with E-state index in [4.69, 9.17) is 4.74 Å². The minimum atomic E-state index is -4.59. The first-order valence-electron chi connectivity index (χ1n) is 6.04. The molecule has 0 aliphatic carbocycles. The molecule has 0 aliphatic heterocycles. The monoisotopic (exact) mass is 316 g/mol. The molecule has 2 rings (SSSR count). The van der Waals surface area contributed by atoms with Crippen LogP contribution in [0.2, 0.25) is 0 Å². The summed E-state index contributed by atoms with van der Waals surface area (Å²) in [5.74, 6) is -1.16. The fourth-order valence-electron chi connectivity index (χ4n) is 1.81. The normalized spacial score (nSPS) is 11.5. The lowest BCUT2D eigenvalue weighted by molar-refractivity contribution is -0.140. The maximum absolute atomic E-state index is 14.1. The Morgan fingerprint density at radius 1 is 1.05 bits per heavy atom. The van der Waals surface area contributed by atoms with Crippen molar-refractivity contribution < 1.29 is 22.3 Å². The molecule has 0 spiro atoms. The lowest BCUT2D eigenvalue weighted by Gasteiger charge is -2.15. The van der Waals surface area contributed by atoms with E-state index in [1.54, 1.807) is 24.3 Å². The van der Waals surface area contributed by atoms with Gasteiger partial charge >= 0.3 is 6.18 Å². The van der Waals surface area contributed by atoms with Gasteiger partial charge in [-0.3, -0.25) is 0 Å². The third-order valence-corrected chi connectivity index (χ3v) is 3.62. The maximum Gasteiger partial charge on any atom is 0.417 e. The first-order valence-corrected chi connectivity index (χ1v) is 7.26. The fraction of sp³-hybridized carbons (Fsp3) is 0.200. The lowest BCUT2D eigenvalue weighted by atomic mass is 10.2. The summed E-state index contributed by atoms with van der Waals surface area (Å²) >= 11 is 0.710. The number of halogens is 4. The van der Waals surface area contributed by atoms with E-state index in [1.807, 2.05) is 6.07 Å². The standard InChI is InChI=1S/C15H12F4OS/c1-21-14-11(15(17,18)19)7-8-12(13(14)16)20-9-10-5-3-2-4-6-10/h2-8H,9H2,1H3. The van der Waals surface area contributed by atoms with Gasteiger partial charge in [0.25, 0.3) is 0 Å². The van der Waals surface area contributed by atoms with E-state index < -0.39 is 22.5 Å². The van der Waals surface area contributed by atoms with Gasteiger partial charge in [-0.05, 0) is 24.0 Å². The highest BCUT2D eigenvalue weighted by molar-refractivity contribution is 7.98. The molecular formula is C15H12F4OS. The first-order chi connectivity index (χ1) is 9.93. The summed E-state index contributed by atoms with van der Waals surface area (Å²) in [5, 5.41) is 0. The van der Waals surface area contributed by atoms with Gasteiger partial charge in [0.2, 0.25) is 0 Å². The van der Waals surface area contributed by atoms with Gasteiger partial charge in [-0.1, -0.05) is 30.3 Å². The van der Waals surface area contributed by atoms with E-state index in [-0.39, 0.29) is 12.4 Å². The summed E-state index contributed by atoms with van der Waals surface area (Å²) < 4.78 is 57.7. The zero-order valence-corrected chi connectivity index (χ0v) is 11.9. The van der Waals surface area contributed by atoms with Gasteiger partial charge in [0.1, 0.15) is 6.61 Å². The van der Waals surface area contributed by atoms with Crippen LogP contribution in [0.3, 0.4) is 0 Å². The van der Waals surface area contributed by atoms with Crippen molar-refractivity contribution in [3.8, 4) is 5.75 Å². The molecule has 2 aromatic carbocycles. The van der Waals surface area contributed by atoms with Crippen molar-refractivity contribution in [1.29, 1.82) is 0 Å². The fourth-order valence-corrected chi connectivity index (χ4v) is 2.49. The molecule has 0 fully saturated rings. The molecule has 0 N–H and O–H groups in total. The molecule has 112 valence electrons. The zero-order valence-electron chi connectivity index (χ0n) is 11.1. The van der Waals surface area contributed by atoms with Crippen molar-refractivity contribution in [3.05, 3.63) is 59.4 Å². The molecule has 0 saturated heterocycles. The highest BCUT2D eigenvalue weighted by Gasteiger charge is 2.35. The number of hydrogen-bond acceptors (Lipinski definition) is 2. The van der Waals surface area contributed by atoms with E-state index in [2.05, 4.69) is 0 Å². The summed E-state index contributed by atoms with van der Waals surface area (Å²) in [6.07, 6.45) is -3.19. The predicted molar refractivity (Wildman–Crippen MR) is 74.0 cm³/mol. The van der Waals surface area contributed by atoms with Crippen molar-refractivity contribution in [2.75, 3.05) is 6.26 Å². The van der Waals surface area contributed by atoms with E-state index >= 15 is 0 Å². The van der Waals surface area contributed by atoms with Gasteiger partial charge in [0.05, 0.1) is 10.5 Å². The summed E-state index contributed by atoms with van der Waals surface area (Å²) in [4.78, 5) is -0.451. The van der Waals surface area contributed by atoms with Crippen LogP contribution in [-0.2, 0) is 12.8 Å². The second-order valence-corrected chi connectivity index (χ2v) is 5.05. The average molecular weight is 316 g/mol. The summed E-state index contributed by atoms with van der Waals surface area (Å²) in [6.45, 7) is 0.0942. The van der Waals surface area contributed by atoms with Crippen molar-refractivity contribution in [2.45, 2.75) is 17.7 Å². The van der Waals surface area contributed by atoms with Gasteiger partial charge < -0.3 is 4.74 Å². The molecular weight excluding hydrogens is 304 g/mol. The first kappa shape index (κ1) is 15.7. The van der Waals surface area contributed by atoms with Crippen LogP contribution in [0.4, 0.5) is 17.6 Å². The predicted octanol–water partition coefficient (Wildman–Crippen LogP) is 5.15.